The van der Waals surface area contributed by atoms with Gasteiger partial charge in [0, 0.05) is 13.2 Å². The number of amides is 1. The molecule has 22 heavy (non-hydrogen) atoms. The summed E-state index contributed by atoms with van der Waals surface area (Å²) in [6.07, 6.45) is 5.36. The zero-order chi connectivity index (χ0) is 15.7. The van der Waals surface area contributed by atoms with E-state index in [9.17, 15) is 14.1 Å². The van der Waals surface area contributed by atoms with Crippen LogP contribution >= 0.6 is 0 Å². The van der Waals surface area contributed by atoms with Crippen LogP contribution in [0.3, 0.4) is 0 Å². The smallest absolute Gasteiger partial charge is 0.253 e. The number of hydrogen-bond donors (Lipinski definition) is 2. The molecule has 0 aliphatic carbocycles. The molecule has 0 bridgehead atoms. The molecule has 2 aromatic rings. The first-order valence-electron chi connectivity index (χ1n) is 6.81. The van der Waals surface area contributed by atoms with Crippen LogP contribution in [-0.2, 0) is 35.9 Å². The van der Waals surface area contributed by atoms with Crippen molar-refractivity contribution in [2.45, 2.75) is 12.8 Å². The van der Waals surface area contributed by atoms with E-state index in [2.05, 4.69) is 9.82 Å². The van der Waals surface area contributed by atoms with E-state index in [1.165, 1.54) is 4.31 Å². The first-order valence-corrected chi connectivity index (χ1v) is 7.92. The molecule has 1 fully saturated rings. The van der Waals surface area contributed by atoms with Gasteiger partial charge >= 0.3 is 0 Å². The third kappa shape index (κ3) is 2.96. The molecule has 2 N–H and O–H groups in total. The van der Waals surface area contributed by atoms with E-state index < -0.39 is 11.2 Å². The molecule has 3 rings (SSSR count). The molecule has 2 heterocycles. The average molecular weight is 320 g/mol. The Morgan fingerprint density at radius 2 is 2.14 bits per heavy atom. The van der Waals surface area contributed by atoms with Crippen LogP contribution in [0.15, 0.2) is 30.6 Å². The number of aromatic hydroxyl groups is 1. The monoisotopic (exact) mass is 320 g/mol. The molecular formula is C14H16N4O3S. The summed E-state index contributed by atoms with van der Waals surface area (Å²) >= 11 is -1.63. The van der Waals surface area contributed by atoms with Gasteiger partial charge in [0.1, 0.15) is 12.3 Å². The van der Waals surface area contributed by atoms with Crippen molar-refractivity contribution in [3.05, 3.63) is 41.7 Å². The Morgan fingerprint density at radius 1 is 1.36 bits per heavy atom. The molecule has 116 valence electrons. The second-order valence-electron chi connectivity index (χ2n) is 5.16. The molecule has 1 amide bonds. The van der Waals surface area contributed by atoms with Crippen LogP contribution in [0.2, 0.25) is 0 Å². The van der Waals surface area contributed by atoms with Gasteiger partial charge in [-0.15, -0.1) is 0 Å². The molecule has 1 atom stereocenters. The summed E-state index contributed by atoms with van der Waals surface area (Å²) in [7, 11) is 1.87. The third-order valence-corrected chi connectivity index (χ3v) is 4.59. The van der Waals surface area contributed by atoms with Crippen LogP contribution in [-0.4, -0.2) is 31.5 Å². The Kier molecular flexibility index (Phi) is 3.84. The van der Waals surface area contributed by atoms with Gasteiger partial charge in [-0.1, -0.05) is 6.07 Å². The lowest BCUT2D eigenvalue weighted by molar-refractivity contribution is -0.117. The lowest BCUT2D eigenvalue weighted by Gasteiger charge is -2.15. The Labute approximate surface area is 130 Å². The molecule has 1 aromatic heterocycles. The zero-order valence-corrected chi connectivity index (χ0v) is 12.8. The highest BCUT2D eigenvalue weighted by Gasteiger charge is 2.28. The molecular weight excluding hydrogens is 304 g/mol. The zero-order valence-electron chi connectivity index (χ0n) is 12.0. The Hall–Kier alpha value is -2.35. The van der Waals surface area contributed by atoms with E-state index in [-0.39, 0.29) is 18.2 Å². The number of hydrogen-bond acceptors (Lipinski definition) is 4. The van der Waals surface area contributed by atoms with Gasteiger partial charge in [0.05, 0.1) is 11.9 Å². The van der Waals surface area contributed by atoms with E-state index in [0.717, 1.165) is 24.0 Å². The minimum absolute atomic E-state index is 0.0186. The van der Waals surface area contributed by atoms with Crippen LogP contribution in [0.4, 0.5) is 5.69 Å². The number of aryl methyl sites for hydroxylation is 3. The van der Waals surface area contributed by atoms with E-state index in [0.29, 0.717) is 5.69 Å². The summed E-state index contributed by atoms with van der Waals surface area (Å²) in [5.41, 5.74) is 2.48. The summed E-state index contributed by atoms with van der Waals surface area (Å²) in [4.78, 5) is 11.2. The van der Waals surface area contributed by atoms with Gasteiger partial charge in [-0.25, -0.2) is 4.21 Å². The first kappa shape index (κ1) is 14.6. The van der Waals surface area contributed by atoms with E-state index in [1.54, 1.807) is 16.8 Å². The van der Waals surface area contributed by atoms with Crippen molar-refractivity contribution < 1.29 is 14.1 Å². The highest BCUT2D eigenvalue weighted by atomic mass is 32.2. The fraction of sp³-hybridized carbons (Fsp3) is 0.286. The highest BCUT2D eigenvalue weighted by molar-refractivity contribution is 7.85. The number of phenolic OH excluding ortho intramolecular Hbond substituents is 1. The number of phenols is 1. The van der Waals surface area contributed by atoms with Gasteiger partial charge in [-0.05, 0) is 36.1 Å². The summed E-state index contributed by atoms with van der Waals surface area (Å²) in [6.45, 7) is -0.0186. The van der Waals surface area contributed by atoms with Gasteiger partial charge in [0.15, 0.2) is 0 Å². The SMILES string of the molecule is Cn1cc(CCc2ccc(N3CC(=O)NS3=O)c(O)c2)cn1. The molecule has 0 spiro atoms. The molecule has 1 aromatic carbocycles. The summed E-state index contributed by atoms with van der Waals surface area (Å²) < 4.78 is 17.1. The fourth-order valence-electron chi connectivity index (χ4n) is 2.37. The van der Waals surface area contributed by atoms with Gasteiger partial charge in [-0.3, -0.25) is 18.5 Å². The summed E-state index contributed by atoms with van der Waals surface area (Å²) in [5, 5.41) is 14.2. The van der Waals surface area contributed by atoms with Crippen molar-refractivity contribution in [2.75, 3.05) is 10.8 Å². The minimum Gasteiger partial charge on any atom is -0.506 e. The van der Waals surface area contributed by atoms with Gasteiger partial charge in [0.25, 0.3) is 5.91 Å². The highest BCUT2D eigenvalue weighted by Crippen LogP contribution is 2.30. The number of nitrogens with one attached hydrogen (secondary N) is 1. The number of anilines is 1. The van der Waals surface area contributed by atoms with E-state index >= 15 is 0 Å². The molecule has 1 aliphatic heterocycles. The van der Waals surface area contributed by atoms with E-state index in [4.69, 9.17) is 0 Å². The van der Waals surface area contributed by atoms with Crippen molar-refractivity contribution in [1.29, 1.82) is 0 Å². The van der Waals surface area contributed by atoms with Crippen LogP contribution in [0.5, 0.6) is 5.75 Å². The molecule has 7 nitrogen and oxygen atoms in total. The second-order valence-corrected chi connectivity index (χ2v) is 6.30. The quantitative estimate of drug-likeness (QED) is 0.855. The van der Waals surface area contributed by atoms with Crippen LogP contribution in [0.1, 0.15) is 11.1 Å². The third-order valence-electron chi connectivity index (χ3n) is 3.46. The topological polar surface area (TPSA) is 87.5 Å². The second kappa shape index (κ2) is 5.80. The van der Waals surface area contributed by atoms with Crippen molar-refractivity contribution >= 4 is 22.8 Å². The largest absolute Gasteiger partial charge is 0.506 e. The van der Waals surface area contributed by atoms with E-state index in [1.807, 2.05) is 25.5 Å². The Balaban J connectivity index is 1.72. The van der Waals surface area contributed by atoms with Crippen molar-refractivity contribution in [3.8, 4) is 5.75 Å². The maximum atomic E-state index is 11.7. The lowest BCUT2D eigenvalue weighted by Crippen LogP contribution is -2.22. The minimum atomic E-state index is -1.63. The van der Waals surface area contributed by atoms with Crippen LogP contribution < -0.4 is 9.03 Å². The molecule has 1 unspecified atom stereocenters. The van der Waals surface area contributed by atoms with Gasteiger partial charge in [-0.2, -0.15) is 5.10 Å². The van der Waals surface area contributed by atoms with Gasteiger partial charge in [0.2, 0.25) is 11.2 Å². The molecule has 8 heteroatoms. The normalized spacial score (nSPS) is 17.8. The predicted molar refractivity (Wildman–Crippen MR) is 82.4 cm³/mol. The molecule has 0 saturated carbocycles. The Morgan fingerprint density at radius 3 is 2.73 bits per heavy atom. The average Bonchev–Trinajstić information content (AvgIpc) is 3.02. The van der Waals surface area contributed by atoms with Crippen molar-refractivity contribution in [3.63, 3.8) is 0 Å². The fourth-order valence-corrected chi connectivity index (χ4v) is 3.31. The number of nitrogens with zero attached hydrogens (tertiary/aromatic N) is 3. The number of aromatic nitrogens is 2. The molecule has 1 aliphatic rings. The molecule has 0 radical (unpaired) electrons. The number of carbonyl (C=O) groups excluding carboxylic acids is 1. The summed E-state index contributed by atoms with van der Waals surface area (Å²) in [6, 6.07) is 5.20. The maximum Gasteiger partial charge on any atom is 0.253 e. The van der Waals surface area contributed by atoms with Crippen molar-refractivity contribution in [1.82, 2.24) is 14.5 Å². The predicted octanol–water partition coefficient (Wildman–Crippen LogP) is 0.426. The van der Waals surface area contributed by atoms with Crippen LogP contribution in [0.25, 0.3) is 0 Å². The standard InChI is InChI=1S/C14H16N4O3S/c1-17-8-11(7-15-17)3-2-10-4-5-12(13(19)6-10)18-9-14(20)16-22(18)21/h4-8,19H,2-3,9H2,1H3,(H,16,20). The molecule has 1 saturated heterocycles. The number of benzene rings is 1. The van der Waals surface area contributed by atoms with Crippen LogP contribution in [0, 0.1) is 0 Å². The van der Waals surface area contributed by atoms with Crippen molar-refractivity contribution in [2.24, 2.45) is 7.05 Å². The number of carbonyl (C=O) groups is 1. The lowest BCUT2D eigenvalue weighted by atomic mass is 10.1. The summed E-state index contributed by atoms with van der Waals surface area (Å²) in [5.74, 6) is -0.299. The maximum absolute atomic E-state index is 11.7. The van der Waals surface area contributed by atoms with Gasteiger partial charge < -0.3 is 5.11 Å². The first-order chi connectivity index (χ1) is 10.5. The Bertz CT molecular complexity index is 743. The number of rotatable bonds is 4.